The van der Waals surface area contributed by atoms with Crippen LogP contribution < -0.4 is 10.4 Å². The highest BCUT2D eigenvalue weighted by Gasteiger charge is 2.53. The van der Waals surface area contributed by atoms with Crippen LogP contribution >= 0.6 is 0 Å². The standard InChI is InChI=1S/C29H36OSi/c1-6-23(2)28(22-27(30)24-16-10-7-11-17-24)31(29(3,4)5,25-18-12-8-13-19-25)26-20-14-9-15-21-26/h6-21,27-28,30H,22H2,1-5H3/b23-6+/t27-,28-/m0/s1. The van der Waals surface area contributed by atoms with Crippen LogP contribution in [0.3, 0.4) is 0 Å². The van der Waals surface area contributed by atoms with Crippen molar-refractivity contribution in [2.45, 2.75) is 57.7 Å². The molecule has 31 heavy (non-hydrogen) atoms. The molecular weight excluding hydrogens is 392 g/mol. The smallest absolute Gasteiger partial charge is 0.130 e. The molecule has 0 fully saturated rings. The van der Waals surface area contributed by atoms with Gasteiger partial charge in [0.2, 0.25) is 0 Å². The zero-order chi connectivity index (χ0) is 22.5. The molecule has 0 saturated carbocycles. The Morgan fingerprint density at radius 1 is 0.806 bits per heavy atom. The normalized spacial score (nSPS) is 14.8. The largest absolute Gasteiger partial charge is 0.388 e. The van der Waals surface area contributed by atoms with Gasteiger partial charge in [-0.15, -0.1) is 0 Å². The second kappa shape index (κ2) is 9.80. The summed E-state index contributed by atoms with van der Waals surface area (Å²) in [6, 6.07) is 32.3. The monoisotopic (exact) mass is 428 g/mol. The first kappa shape index (κ1) is 23.2. The molecule has 2 heteroatoms. The summed E-state index contributed by atoms with van der Waals surface area (Å²) in [5, 5.41) is 14.3. The molecule has 3 aromatic rings. The first-order valence-electron chi connectivity index (χ1n) is 11.3. The van der Waals surface area contributed by atoms with Gasteiger partial charge in [0.05, 0.1) is 6.10 Å². The van der Waals surface area contributed by atoms with Gasteiger partial charge in [-0.25, -0.2) is 0 Å². The molecule has 0 aliphatic heterocycles. The SMILES string of the molecule is C/C=C(\C)[C@H](C[C@H](O)c1ccccc1)[Si](c1ccccc1)(c1ccccc1)C(C)(C)C. The van der Waals surface area contributed by atoms with E-state index in [2.05, 4.69) is 101 Å². The molecule has 1 N–H and O–H groups in total. The van der Waals surface area contributed by atoms with Crippen LogP contribution in [-0.2, 0) is 0 Å². The molecule has 0 bridgehead atoms. The first-order valence-corrected chi connectivity index (χ1v) is 13.4. The van der Waals surface area contributed by atoms with E-state index in [0.29, 0.717) is 6.42 Å². The number of hydrogen-bond donors (Lipinski definition) is 1. The van der Waals surface area contributed by atoms with Gasteiger partial charge in [-0.3, -0.25) is 0 Å². The van der Waals surface area contributed by atoms with E-state index in [4.69, 9.17) is 0 Å². The van der Waals surface area contributed by atoms with Gasteiger partial charge in [-0.1, -0.05) is 134 Å². The van der Waals surface area contributed by atoms with Gasteiger partial charge in [0.1, 0.15) is 8.07 Å². The lowest BCUT2D eigenvalue weighted by Gasteiger charge is -2.50. The average Bonchev–Trinajstić information content (AvgIpc) is 2.79. The van der Waals surface area contributed by atoms with E-state index in [1.807, 2.05) is 30.3 Å². The summed E-state index contributed by atoms with van der Waals surface area (Å²) in [7, 11) is -2.39. The lowest BCUT2D eigenvalue weighted by atomic mass is 10.0. The van der Waals surface area contributed by atoms with E-state index < -0.39 is 14.2 Å². The van der Waals surface area contributed by atoms with Crippen LogP contribution in [0.5, 0.6) is 0 Å². The molecule has 0 aliphatic carbocycles. The van der Waals surface area contributed by atoms with Crippen molar-refractivity contribution in [1.82, 2.24) is 0 Å². The molecule has 3 aromatic carbocycles. The van der Waals surface area contributed by atoms with Gasteiger partial charge < -0.3 is 5.11 Å². The molecule has 0 aliphatic rings. The van der Waals surface area contributed by atoms with Crippen molar-refractivity contribution in [3.63, 3.8) is 0 Å². The van der Waals surface area contributed by atoms with Crippen molar-refractivity contribution >= 4 is 18.4 Å². The fourth-order valence-corrected chi connectivity index (χ4v) is 12.1. The fraction of sp³-hybridized carbons (Fsp3) is 0.310. The van der Waals surface area contributed by atoms with Crippen molar-refractivity contribution < 1.29 is 5.11 Å². The Balaban J connectivity index is 2.28. The van der Waals surface area contributed by atoms with Gasteiger partial charge >= 0.3 is 0 Å². The molecule has 0 aromatic heterocycles. The topological polar surface area (TPSA) is 20.2 Å². The van der Waals surface area contributed by atoms with E-state index in [-0.39, 0.29) is 10.6 Å². The summed E-state index contributed by atoms with van der Waals surface area (Å²) in [6.45, 7) is 11.6. The summed E-state index contributed by atoms with van der Waals surface area (Å²) in [5.74, 6) is 0. The van der Waals surface area contributed by atoms with E-state index >= 15 is 0 Å². The van der Waals surface area contributed by atoms with Crippen LogP contribution in [-0.4, -0.2) is 13.2 Å². The van der Waals surface area contributed by atoms with Crippen LogP contribution in [0.1, 0.15) is 52.7 Å². The number of hydrogen-bond acceptors (Lipinski definition) is 1. The lowest BCUT2D eigenvalue weighted by molar-refractivity contribution is 0.167. The van der Waals surface area contributed by atoms with Crippen molar-refractivity contribution in [1.29, 1.82) is 0 Å². The predicted octanol–water partition coefficient (Wildman–Crippen LogP) is 6.51. The number of aliphatic hydroxyl groups is 1. The third-order valence-electron chi connectivity index (χ3n) is 6.81. The molecule has 3 rings (SSSR count). The van der Waals surface area contributed by atoms with Gasteiger partial charge in [0.25, 0.3) is 0 Å². The highest BCUT2D eigenvalue weighted by Crippen LogP contribution is 2.49. The van der Waals surface area contributed by atoms with Crippen LogP contribution in [0.15, 0.2) is 103 Å². The van der Waals surface area contributed by atoms with E-state index in [9.17, 15) is 5.11 Å². The Bertz CT molecular complexity index is 932. The lowest BCUT2D eigenvalue weighted by Crippen LogP contribution is -2.67. The summed E-state index contributed by atoms with van der Waals surface area (Å²) in [6.07, 6.45) is 2.47. The minimum Gasteiger partial charge on any atom is -0.388 e. The molecule has 1 nitrogen and oxygen atoms in total. The molecule has 0 spiro atoms. The van der Waals surface area contributed by atoms with E-state index in [0.717, 1.165) is 5.56 Å². The quantitative estimate of drug-likeness (QED) is 0.336. The molecule has 0 saturated heterocycles. The van der Waals surface area contributed by atoms with Crippen LogP contribution in [0.4, 0.5) is 0 Å². The van der Waals surface area contributed by atoms with Crippen molar-refractivity contribution in [2.75, 3.05) is 0 Å². The average molecular weight is 429 g/mol. The summed E-state index contributed by atoms with van der Waals surface area (Å²) < 4.78 is 0. The fourth-order valence-electron chi connectivity index (χ4n) is 5.30. The zero-order valence-corrected chi connectivity index (χ0v) is 20.5. The maximum absolute atomic E-state index is 11.4. The Kier molecular flexibility index (Phi) is 7.35. The van der Waals surface area contributed by atoms with Crippen molar-refractivity contribution in [2.24, 2.45) is 0 Å². The zero-order valence-electron chi connectivity index (χ0n) is 19.5. The minimum absolute atomic E-state index is 0.0427. The highest BCUT2D eigenvalue weighted by molar-refractivity contribution is 7.05. The third-order valence-corrected chi connectivity index (χ3v) is 13.4. The minimum atomic E-state index is -2.39. The van der Waals surface area contributed by atoms with Crippen molar-refractivity contribution in [3.05, 3.63) is 108 Å². The number of allylic oxidation sites excluding steroid dienone is 2. The predicted molar refractivity (Wildman–Crippen MR) is 137 cm³/mol. The number of aliphatic hydroxyl groups excluding tert-OH is 1. The van der Waals surface area contributed by atoms with Crippen LogP contribution in [0.25, 0.3) is 0 Å². The molecule has 0 unspecified atom stereocenters. The molecule has 2 atom stereocenters. The maximum Gasteiger partial charge on any atom is 0.130 e. The Morgan fingerprint density at radius 2 is 1.23 bits per heavy atom. The summed E-state index contributed by atoms with van der Waals surface area (Å²) >= 11 is 0. The molecule has 0 amide bonds. The highest BCUT2D eigenvalue weighted by atomic mass is 28.3. The van der Waals surface area contributed by atoms with Gasteiger partial charge in [-0.05, 0) is 36.4 Å². The third kappa shape index (κ3) is 4.61. The van der Waals surface area contributed by atoms with Crippen LogP contribution in [0, 0.1) is 0 Å². The van der Waals surface area contributed by atoms with E-state index in [1.165, 1.54) is 15.9 Å². The maximum atomic E-state index is 11.4. The van der Waals surface area contributed by atoms with Crippen molar-refractivity contribution in [3.8, 4) is 0 Å². The number of benzene rings is 3. The summed E-state index contributed by atoms with van der Waals surface area (Å²) in [5.41, 5.74) is 2.62. The second-order valence-corrected chi connectivity index (χ2v) is 14.5. The number of rotatable bonds is 7. The first-order chi connectivity index (χ1) is 14.8. The molecular formula is C29H36OSi. The van der Waals surface area contributed by atoms with E-state index in [1.54, 1.807) is 0 Å². The Morgan fingerprint density at radius 3 is 1.61 bits per heavy atom. The molecule has 0 heterocycles. The van der Waals surface area contributed by atoms with Gasteiger partial charge in [0, 0.05) is 0 Å². The Hall–Kier alpha value is -2.42. The Labute approximate surface area is 189 Å². The van der Waals surface area contributed by atoms with Crippen LogP contribution in [0.2, 0.25) is 10.6 Å². The molecule has 162 valence electrons. The van der Waals surface area contributed by atoms with Gasteiger partial charge in [-0.2, -0.15) is 0 Å². The summed E-state index contributed by atoms with van der Waals surface area (Å²) in [4.78, 5) is 0. The van der Waals surface area contributed by atoms with Gasteiger partial charge in [0.15, 0.2) is 0 Å². The second-order valence-electron chi connectivity index (χ2n) is 9.54. The molecule has 0 radical (unpaired) electrons.